The van der Waals surface area contributed by atoms with Crippen LogP contribution in [0.15, 0.2) is 42.0 Å². The Morgan fingerprint density at radius 1 is 0.818 bits per heavy atom. The number of hydrogen-bond donors (Lipinski definition) is 3. The van der Waals surface area contributed by atoms with E-state index < -0.39 is 42.6 Å². The fourth-order valence-corrected chi connectivity index (χ4v) is 2.58. The molecule has 8 nitrogen and oxygen atoms in total. The Hall–Kier alpha value is -1.83. The number of halogens is 8. The van der Waals surface area contributed by atoms with Crippen molar-refractivity contribution in [3.05, 3.63) is 37.1 Å². The van der Waals surface area contributed by atoms with Crippen molar-refractivity contribution in [3.63, 3.8) is 0 Å². The van der Waals surface area contributed by atoms with Crippen LogP contribution in [0.1, 0.15) is 0 Å². The molecule has 0 aromatic heterocycles. The van der Waals surface area contributed by atoms with E-state index in [4.69, 9.17) is 18.6 Å². The molecule has 2 N–H and O–H groups in total. The van der Waals surface area contributed by atoms with Crippen LogP contribution >= 0.6 is 12.6 Å². The van der Waals surface area contributed by atoms with Crippen molar-refractivity contribution in [2.24, 2.45) is 0 Å². The van der Waals surface area contributed by atoms with Gasteiger partial charge in [-0.25, -0.2) is 0 Å². The number of alkyl halides is 8. The van der Waals surface area contributed by atoms with Crippen molar-refractivity contribution >= 4 is 32.9 Å². The summed E-state index contributed by atoms with van der Waals surface area (Å²) >= 11 is 4.16. The average molecular weight is 558 g/mol. The van der Waals surface area contributed by atoms with Crippen molar-refractivity contribution in [1.82, 2.24) is 0 Å². The minimum Gasteiger partial charge on any atom is -0.498 e. The van der Waals surface area contributed by atoms with Crippen LogP contribution in [0.4, 0.5) is 35.1 Å². The van der Waals surface area contributed by atoms with Crippen LogP contribution in [0, 0.1) is 0 Å². The molecule has 0 radical (unpaired) electrons. The maximum atomic E-state index is 12.6. The Morgan fingerprint density at radius 2 is 1.18 bits per heavy atom. The predicted molar refractivity (Wildman–Crippen MR) is 98.2 cm³/mol. The van der Waals surface area contributed by atoms with Gasteiger partial charge in [-0.3, -0.25) is 9.11 Å². The molecule has 19 heteroatoms. The maximum absolute atomic E-state index is 12.6. The first-order valence-electron chi connectivity index (χ1n) is 7.67. The number of rotatable bonds is 10. The van der Waals surface area contributed by atoms with Crippen LogP contribution in [0.2, 0.25) is 0 Å². The van der Waals surface area contributed by atoms with Gasteiger partial charge in [-0.2, -0.15) is 52.0 Å². The van der Waals surface area contributed by atoms with Crippen LogP contribution in [-0.2, 0) is 25.0 Å². The van der Waals surface area contributed by atoms with Gasteiger partial charge in [-0.1, -0.05) is 6.58 Å². The second-order valence-electron chi connectivity index (χ2n) is 5.51. The Bertz CT molecular complexity index is 957. The summed E-state index contributed by atoms with van der Waals surface area (Å²) < 4.78 is 165. The van der Waals surface area contributed by atoms with Gasteiger partial charge < -0.3 is 9.47 Å². The van der Waals surface area contributed by atoms with Crippen LogP contribution in [0.3, 0.4) is 0 Å². The summed E-state index contributed by atoms with van der Waals surface area (Å²) in [6, 6.07) is 7.51. The fourth-order valence-electron chi connectivity index (χ4n) is 1.52. The summed E-state index contributed by atoms with van der Waals surface area (Å²) in [5.41, 5.74) is 0. The highest BCUT2D eigenvalue weighted by Crippen LogP contribution is 2.55. The van der Waals surface area contributed by atoms with Gasteiger partial charge in [-0.05, 0) is 24.3 Å². The molecule has 0 heterocycles. The zero-order chi connectivity index (χ0) is 26.5. The number of ether oxygens (including phenoxy) is 2. The smallest absolute Gasteiger partial charge is 0.438 e. The fraction of sp³-hybridized carbons (Fsp3) is 0.429. The number of hydrogen-bond acceptors (Lipinski definition) is 7. The second-order valence-corrected chi connectivity index (χ2v) is 8.95. The van der Waals surface area contributed by atoms with E-state index in [1.54, 1.807) is 0 Å². The van der Waals surface area contributed by atoms with Crippen LogP contribution < -0.4 is 4.74 Å². The minimum absolute atomic E-state index is 0.520. The Morgan fingerprint density at radius 3 is 1.48 bits per heavy atom. The molecule has 0 saturated heterocycles. The molecule has 0 aliphatic carbocycles. The lowest BCUT2D eigenvalue weighted by Crippen LogP contribution is -2.66. The zero-order valence-corrected chi connectivity index (χ0v) is 18.2. The molecule has 0 aliphatic rings. The predicted octanol–water partition coefficient (Wildman–Crippen LogP) is 3.73. The monoisotopic (exact) mass is 558 g/mol. The summed E-state index contributed by atoms with van der Waals surface area (Å²) in [6.45, 7) is 4.47. The quantitative estimate of drug-likeness (QED) is 0.130. The summed E-state index contributed by atoms with van der Waals surface area (Å²) in [6.07, 6.45) is 1.40. The lowest BCUT2D eigenvalue weighted by atomic mass is 10.2. The molecule has 0 saturated carbocycles. The normalized spacial score (nSPS) is 13.5. The van der Waals surface area contributed by atoms with Gasteiger partial charge in [-0.15, -0.1) is 12.6 Å². The Kier molecular flexibility index (Phi) is 10.0. The van der Waals surface area contributed by atoms with Crippen LogP contribution in [-0.4, -0.2) is 61.5 Å². The van der Waals surface area contributed by atoms with Crippen molar-refractivity contribution in [1.29, 1.82) is 0 Å². The number of benzene rings is 1. The van der Waals surface area contributed by atoms with Gasteiger partial charge >= 0.3 is 42.6 Å². The highest BCUT2D eigenvalue weighted by atomic mass is 32.2. The molecule has 1 aromatic carbocycles. The molecule has 0 aliphatic heterocycles. The third kappa shape index (κ3) is 6.84. The second kappa shape index (κ2) is 10.6. The van der Waals surface area contributed by atoms with Crippen molar-refractivity contribution in [2.45, 2.75) is 27.2 Å². The number of thiol groups is 1. The molecule has 1 rings (SSSR count). The highest BCUT2D eigenvalue weighted by molar-refractivity contribution is 7.87. The topological polar surface area (TPSA) is 127 Å². The molecule has 33 heavy (non-hydrogen) atoms. The van der Waals surface area contributed by atoms with Crippen LogP contribution in [0.5, 0.6) is 5.75 Å². The lowest BCUT2D eigenvalue weighted by molar-refractivity contribution is -0.327. The lowest BCUT2D eigenvalue weighted by Gasteiger charge is -2.33. The first-order chi connectivity index (χ1) is 14.6. The van der Waals surface area contributed by atoms with Gasteiger partial charge in [0.05, 0.1) is 6.26 Å². The van der Waals surface area contributed by atoms with E-state index in [-0.39, 0.29) is 0 Å². The summed E-state index contributed by atoms with van der Waals surface area (Å²) in [7, 11) is -14.6. The van der Waals surface area contributed by atoms with Crippen molar-refractivity contribution < 1.29 is 70.5 Å². The standard InChI is InChI=1S/C10H12O2S.C4H2F8O6S2/c1-2-11-7-8-12-9-3-5-10(13)6-4-9;5-1(6,3(9,10)19(13,14)15)2(7,8)4(11,12)20(16,17)18/h2-6,13H,1,7-8H2;(H,13,14,15)(H,16,17,18). The van der Waals surface area contributed by atoms with Gasteiger partial charge in [0, 0.05) is 4.90 Å². The first kappa shape index (κ1) is 31.2. The Labute approximate surface area is 187 Å². The van der Waals surface area contributed by atoms with Crippen LogP contribution in [0.25, 0.3) is 0 Å². The largest absolute Gasteiger partial charge is 0.498 e. The average Bonchev–Trinajstić information content (AvgIpc) is 2.65. The van der Waals surface area contributed by atoms with E-state index in [0.717, 1.165) is 10.6 Å². The maximum Gasteiger partial charge on any atom is 0.438 e. The van der Waals surface area contributed by atoms with E-state index in [1.165, 1.54) is 6.26 Å². The van der Waals surface area contributed by atoms with E-state index in [1.807, 2.05) is 24.3 Å². The summed E-state index contributed by atoms with van der Waals surface area (Å²) in [4.78, 5) is 0.926. The third-order valence-electron chi connectivity index (χ3n) is 3.20. The molecule has 0 fully saturated rings. The highest BCUT2D eigenvalue weighted by Gasteiger charge is 2.87. The summed E-state index contributed by atoms with van der Waals surface area (Å²) in [5, 5.41) is -14.3. The van der Waals surface area contributed by atoms with E-state index in [0.29, 0.717) is 13.2 Å². The minimum atomic E-state index is -7.58. The molecule has 0 bridgehead atoms. The van der Waals surface area contributed by atoms with E-state index in [2.05, 4.69) is 19.2 Å². The molecular weight excluding hydrogens is 544 g/mol. The molecular formula is C14H14F8O8S3. The molecule has 0 amide bonds. The Balaban J connectivity index is 0.000000676. The first-order valence-corrected chi connectivity index (χ1v) is 11.0. The van der Waals surface area contributed by atoms with Gasteiger partial charge in [0.1, 0.15) is 19.0 Å². The molecule has 0 unspecified atom stereocenters. The summed E-state index contributed by atoms with van der Waals surface area (Å²) in [5.74, 6) is -14.3. The zero-order valence-electron chi connectivity index (χ0n) is 15.6. The third-order valence-corrected chi connectivity index (χ3v) is 5.30. The molecule has 192 valence electrons. The van der Waals surface area contributed by atoms with E-state index >= 15 is 0 Å². The van der Waals surface area contributed by atoms with Gasteiger partial charge in [0.25, 0.3) is 0 Å². The molecule has 1 aromatic rings. The molecule has 0 spiro atoms. The van der Waals surface area contributed by atoms with Crippen molar-refractivity contribution in [3.8, 4) is 5.75 Å². The van der Waals surface area contributed by atoms with Gasteiger partial charge in [0.2, 0.25) is 0 Å². The van der Waals surface area contributed by atoms with E-state index in [9.17, 15) is 52.0 Å². The van der Waals surface area contributed by atoms with Gasteiger partial charge in [0.15, 0.2) is 0 Å². The SMILES string of the molecule is C=COCCOc1ccc(S)cc1.O=S(=O)(O)C(F)(F)C(F)(F)C(F)(F)C(F)(F)S(=O)(=O)O. The van der Waals surface area contributed by atoms with Crippen molar-refractivity contribution in [2.75, 3.05) is 13.2 Å². The molecule has 0 atom stereocenters.